The number of hydrogen-bond donors (Lipinski definition) is 0. The number of nitrogens with zero attached hydrogens (tertiary/aromatic N) is 1. The molecule has 0 aromatic rings. The normalized spacial score (nSPS) is 12.9. The third-order valence-corrected chi connectivity index (χ3v) is 8.24. The number of methoxy groups -OCH3 is 1. The number of unbranched alkanes of at least 4 members (excludes halogenated alkanes) is 18. The van der Waals surface area contributed by atoms with Gasteiger partial charge in [0.15, 0.2) is 5.79 Å². The lowest BCUT2D eigenvalue weighted by Gasteiger charge is -2.34. The summed E-state index contributed by atoms with van der Waals surface area (Å²) in [6.45, 7) is 4.53. The second kappa shape index (κ2) is 33.7. The molecule has 0 rings (SSSR count). The van der Waals surface area contributed by atoms with E-state index in [2.05, 4.69) is 62.5 Å². The Morgan fingerprint density at radius 2 is 0.767 bits per heavy atom. The van der Waals surface area contributed by atoms with E-state index in [0.29, 0.717) is 0 Å². The van der Waals surface area contributed by atoms with Gasteiger partial charge in [-0.3, -0.25) is 4.84 Å². The van der Waals surface area contributed by atoms with Crippen LogP contribution in [0.25, 0.3) is 0 Å². The summed E-state index contributed by atoms with van der Waals surface area (Å²) in [4.78, 5) is 6.22. The highest BCUT2D eigenvalue weighted by Crippen LogP contribution is 2.29. The number of rotatable bonds is 33. The molecular weight excluding hydrogens is 526 g/mol. The molecule has 0 N–H and O–H groups in total. The molecule has 0 atom stereocenters. The van der Waals surface area contributed by atoms with Crippen molar-refractivity contribution < 1.29 is 9.57 Å². The van der Waals surface area contributed by atoms with E-state index in [1.165, 1.54) is 141 Å². The van der Waals surface area contributed by atoms with Crippen LogP contribution in [0.2, 0.25) is 0 Å². The number of hydrogen-bond acceptors (Lipinski definition) is 3. The topological polar surface area (TPSA) is 21.7 Å². The number of hydroxylamine groups is 2. The first-order valence-corrected chi connectivity index (χ1v) is 18.6. The van der Waals surface area contributed by atoms with E-state index in [1.807, 2.05) is 26.3 Å². The van der Waals surface area contributed by atoms with E-state index in [1.54, 1.807) is 0 Å². The first kappa shape index (κ1) is 41.8. The van der Waals surface area contributed by atoms with E-state index in [-0.39, 0.29) is 0 Å². The van der Waals surface area contributed by atoms with Crippen molar-refractivity contribution in [2.24, 2.45) is 0 Å². The Labute approximate surface area is 270 Å². The fourth-order valence-electron chi connectivity index (χ4n) is 5.56. The van der Waals surface area contributed by atoms with Crippen molar-refractivity contribution in [2.45, 2.75) is 187 Å². The van der Waals surface area contributed by atoms with Crippen LogP contribution < -0.4 is 0 Å². The highest BCUT2D eigenvalue weighted by molar-refractivity contribution is 4.93. The van der Waals surface area contributed by atoms with Crippen LogP contribution in [0.5, 0.6) is 0 Å². The molecule has 0 aliphatic carbocycles. The van der Waals surface area contributed by atoms with Gasteiger partial charge in [-0.05, 0) is 77.0 Å². The van der Waals surface area contributed by atoms with Crippen molar-refractivity contribution in [1.29, 1.82) is 0 Å². The van der Waals surface area contributed by atoms with E-state index in [9.17, 15) is 0 Å². The van der Waals surface area contributed by atoms with Gasteiger partial charge in [-0.15, -0.1) is 0 Å². The van der Waals surface area contributed by atoms with Crippen LogP contribution in [0.15, 0.2) is 48.6 Å². The molecule has 252 valence electrons. The molecule has 0 amide bonds. The zero-order valence-electron chi connectivity index (χ0n) is 29.8. The van der Waals surface area contributed by atoms with Gasteiger partial charge in [-0.1, -0.05) is 140 Å². The summed E-state index contributed by atoms with van der Waals surface area (Å²) in [7, 11) is 5.78. The van der Waals surface area contributed by atoms with Gasteiger partial charge in [0.1, 0.15) is 0 Å². The molecule has 3 nitrogen and oxygen atoms in total. The van der Waals surface area contributed by atoms with Crippen molar-refractivity contribution in [2.75, 3.05) is 21.2 Å². The average molecular weight is 602 g/mol. The Morgan fingerprint density at radius 1 is 0.442 bits per heavy atom. The van der Waals surface area contributed by atoms with Crippen molar-refractivity contribution in [3.8, 4) is 0 Å². The van der Waals surface area contributed by atoms with Gasteiger partial charge in [0.2, 0.25) is 0 Å². The molecule has 3 heteroatoms. The van der Waals surface area contributed by atoms with Gasteiger partial charge in [-0.2, -0.15) is 5.06 Å². The molecule has 0 aromatic heterocycles. The largest absolute Gasteiger partial charge is 0.352 e. The molecule has 0 aromatic carbocycles. The van der Waals surface area contributed by atoms with Crippen LogP contribution >= 0.6 is 0 Å². The fourth-order valence-corrected chi connectivity index (χ4v) is 5.56. The summed E-state index contributed by atoms with van der Waals surface area (Å²) >= 11 is 0. The van der Waals surface area contributed by atoms with E-state index >= 15 is 0 Å². The van der Waals surface area contributed by atoms with Crippen LogP contribution in [-0.2, 0) is 9.57 Å². The van der Waals surface area contributed by atoms with Crippen molar-refractivity contribution >= 4 is 0 Å². The molecule has 0 spiro atoms. The summed E-state index contributed by atoms with van der Waals surface area (Å²) in [6, 6.07) is 0. The zero-order valence-corrected chi connectivity index (χ0v) is 29.8. The summed E-state index contributed by atoms with van der Waals surface area (Å²) in [5.41, 5.74) is 0. The van der Waals surface area contributed by atoms with Crippen LogP contribution in [0.4, 0.5) is 0 Å². The SMILES string of the molecule is CCCCC/C=C\C/C=C\CCCCCCCCC(CCCCCCCC/C=C\C/C=C\CCCCC)(OC)ON(C)C. The Hall–Kier alpha value is -1.16. The van der Waals surface area contributed by atoms with Crippen molar-refractivity contribution in [3.05, 3.63) is 48.6 Å². The molecule has 0 aliphatic rings. The minimum absolute atomic E-state index is 0.464. The van der Waals surface area contributed by atoms with Crippen LogP contribution in [-0.4, -0.2) is 32.1 Å². The molecule has 0 radical (unpaired) electrons. The summed E-state index contributed by atoms with van der Waals surface area (Å²) in [5, 5.41) is 1.83. The average Bonchev–Trinajstić information content (AvgIpc) is 3.00. The van der Waals surface area contributed by atoms with E-state index in [0.717, 1.165) is 25.7 Å². The molecule has 0 saturated carbocycles. The molecule has 0 bridgehead atoms. The van der Waals surface area contributed by atoms with E-state index in [4.69, 9.17) is 9.57 Å². The molecule has 0 heterocycles. The van der Waals surface area contributed by atoms with Crippen molar-refractivity contribution in [1.82, 2.24) is 5.06 Å². The fraction of sp³-hybridized carbons (Fsp3) is 0.800. The predicted molar refractivity (Wildman–Crippen MR) is 192 cm³/mol. The maximum absolute atomic E-state index is 6.22. The Kier molecular flexibility index (Phi) is 32.8. The van der Waals surface area contributed by atoms with Gasteiger partial charge in [0, 0.05) is 34.0 Å². The molecule has 43 heavy (non-hydrogen) atoms. The summed E-state index contributed by atoms with van der Waals surface area (Å²) in [6.07, 6.45) is 51.3. The maximum atomic E-state index is 6.22. The van der Waals surface area contributed by atoms with Gasteiger partial charge >= 0.3 is 0 Å². The third kappa shape index (κ3) is 30.6. The van der Waals surface area contributed by atoms with Gasteiger partial charge in [-0.25, -0.2) is 0 Å². The van der Waals surface area contributed by atoms with Gasteiger partial charge in [0.25, 0.3) is 0 Å². The smallest absolute Gasteiger partial charge is 0.187 e. The van der Waals surface area contributed by atoms with Crippen LogP contribution in [0, 0.1) is 0 Å². The lowest BCUT2D eigenvalue weighted by Crippen LogP contribution is -2.39. The minimum Gasteiger partial charge on any atom is -0.352 e. The molecular formula is C40H75NO2. The maximum Gasteiger partial charge on any atom is 0.187 e. The zero-order chi connectivity index (χ0) is 31.5. The van der Waals surface area contributed by atoms with E-state index < -0.39 is 5.79 Å². The quantitative estimate of drug-likeness (QED) is 0.0323. The first-order chi connectivity index (χ1) is 21.1. The lowest BCUT2D eigenvalue weighted by molar-refractivity contribution is -0.329. The Balaban J connectivity index is 3.89. The number of ether oxygens (including phenoxy) is 1. The standard InChI is InChI=1S/C40H75NO2/c1-6-8-10-12-14-16-18-20-22-24-26-28-30-32-34-36-38-40(42-5,43-41(3)4)39-37-35-33-31-29-27-25-23-21-19-17-15-13-11-9-7-2/h14-17,20-23H,6-13,18-19,24-39H2,1-5H3/b16-14-,17-15-,22-20-,23-21-. The second-order valence-electron chi connectivity index (χ2n) is 12.7. The monoisotopic (exact) mass is 602 g/mol. The van der Waals surface area contributed by atoms with Gasteiger partial charge < -0.3 is 4.74 Å². The predicted octanol–water partition coefficient (Wildman–Crippen LogP) is 13.2. The van der Waals surface area contributed by atoms with Crippen LogP contribution in [0.3, 0.4) is 0 Å². The lowest BCUT2D eigenvalue weighted by atomic mass is 9.98. The Bertz CT molecular complexity index is 615. The molecule has 0 aliphatic heterocycles. The van der Waals surface area contributed by atoms with Gasteiger partial charge in [0.05, 0.1) is 0 Å². The first-order valence-electron chi connectivity index (χ1n) is 18.6. The molecule has 0 unspecified atom stereocenters. The summed E-state index contributed by atoms with van der Waals surface area (Å²) < 4.78 is 6.01. The van der Waals surface area contributed by atoms with Crippen LogP contribution in [0.1, 0.15) is 181 Å². The third-order valence-electron chi connectivity index (χ3n) is 8.24. The molecule has 0 fully saturated rings. The van der Waals surface area contributed by atoms with Crippen molar-refractivity contribution in [3.63, 3.8) is 0 Å². The molecule has 0 saturated heterocycles. The highest BCUT2D eigenvalue weighted by Gasteiger charge is 2.31. The summed E-state index contributed by atoms with van der Waals surface area (Å²) in [5.74, 6) is -0.464. The minimum atomic E-state index is -0.464. The number of allylic oxidation sites excluding steroid dienone is 8. The highest BCUT2D eigenvalue weighted by atomic mass is 16.8. The Morgan fingerprint density at radius 3 is 1.09 bits per heavy atom. The second-order valence-corrected chi connectivity index (χ2v) is 12.7.